The molecule has 0 saturated heterocycles. The van der Waals surface area contributed by atoms with E-state index in [-0.39, 0.29) is 30.0 Å². The van der Waals surface area contributed by atoms with E-state index in [2.05, 4.69) is 15.5 Å². The van der Waals surface area contributed by atoms with E-state index in [9.17, 15) is 14.0 Å². The number of likely N-dealkylation sites (N-methyl/N-ethyl adjacent to an activating group) is 1. The number of nitrogens with zero attached hydrogens (tertiary/aromatic N) is 6. The molecule has 2 aliphatic rings. The Bertz CT molecular complexity index is 1310. The molecular weight excluding hydrogens is 439 g/mol. The summed E-state index contributed by atoms with van der Waals surface area (Å²) in [6.07, 6.45) is 2.19. The Hall–Kier alpha value is -4.20. The molecule has 3 amide bonds. The first-order valence-electron chi connectivity index (χ1n) is 11.0. The monoisotopic (exact) mass is 462 g/mol. The van der Waals surface area contributed by atoms with Crippen LogP contribution in [0, 0.1) is 17.1 Å². The Labute approximate surface area is 195 Å². The lowest BCUT2D eigenvalue weighted by Gasteiger charge is -2.33. The van der Waals surface area contributed by atoms with Crippen LogP contribution in [0.1, 0.15) is 45.8 Å². The van der Waals surface area contributed by atoms with Gasteiger partial charge in [0, 0.05) is 55.1 Å². The van der Waals surface area contributed by atoms with Crippen LogP contribution in [0.25, 0.3) is 0 Å². The Balaban J connectivity index is 1.43. The molecule has 10 nitrogen and oxygen atoms in total. The summed E-state index contributed by atoms with van der Waals surface area (Å²) >= 11 is 0. The second-order valence-electron chi connectivity index (χ2n) is 8.77. The molecule has 0 radical (unpaired) electrons. The highest BCUT2D eigenvalue weighted by atomic mass is 19.1. The Morgan fingerprint density at radius 3 is 2.88 bits per heavy atom. The fraction of sp³-hybridized carbons (Fsp3) is 0.348. The number of fused-ring (bicyclic) bond motifs is 3. The first-order valence-corrected chi connectivity index (χ1v) is 11.0. The minimum absolute atomic E-state index is 0.0173. The molecule has 5 rings (SSSR count). The average Bonchev–Trinajstić information content (AvgIpc) is 3.44. The van der Waals surface area contributed by atoms with Gasteiger partial charge in [-0.05, 0) is 31.2 Å². The van der Waals surface area contributed by atoms with Gasteiger partial charge in [0.2, 0.25) is 0 Å². The number of H-pyrrole nitrogens is 1. The molecule has 0 spiro atoms. The van der Waals surface area contributed by atoms with Gasteiger partial charge in [-0.25, -0.2) is 9.18 Å². The quantitative estimate of drug-likeness (QED) is 0.606. The number of hydrogen-bond acceptors (Lipinski definition) is 5. The van der Waals surface area contributed by atoms with Crippen molar-refractivity contribution >= 4 is 17.6 Å². The number of urea groups is 1. The van der Waals surface area contributed by atoms with Crippen LogP contribution in [0.3, 0.4) is 0 Å². The predicted octanol–water partition coefficient (Wildman–Crippen LogP) is 2.47. The number of amides is 3. The molecular formula is C23H23FN8O2. The third-order valence-electron chi connectivity index (χ3n) is 6.48. The first-order chi connectivity index (χ1) is 16.4. The minimum atomic E-state index is -0.643. The summed E-state index contributed by atoms with van der Waals surface area (Å²) in [7, 11) is 1.76. The van der Waals surface area contributed by atoms with E-state index >= 15 is 0 Å². The molecule has 11 heteroatoms. The molecule has 2 aliphatic heterocycles. The van der Waals surface area contributed by atoms with Crippen molar-refractivity contribution in [3.8, 4) is 6.07 Å². The Morgan fingerprint density at radius 1 is 1.32 bits per heavy atom. The summed E-state index contributed by atoms with van der Waals surface area (Å²) in [5.74, 6) is -0.762. The van der Waals surface area contributed by atoms with Gasteiger partial charge in [0.05, 0.1) is 24.3 Å². The van der Waals surface area contributed by atoms with Crippen LogP contribution in [0.5, 0.6) is 0 Å². The summed E-state index contributed by atoms with van der Waals surface area (Å²) in [5.41, 5.74) is 3.17. The predicted molar refractivity (Wildman–Crippen MR) is 119 cm³/mol. The van der Waals surface area contributed by atoms with Crippen LogP contribution in [-0.2, 0) is 19.5 Å². The van der Waals surface area contributed by atoms with Crippen molar-refractivity contribution in [2.75, 3.05) is 18.9 Å². The van der Waals surface area contributed by atoms with E-state index in [1.807, 2.05) is 13.0 Å². The lowest BCUT2D eigenvalue weighted by atomic mass is 9.99. The summed E-state index contributed by atoms with van der Waals surface area (Å²) < 4.78 is 15.4. The highest BCUT2D eigenvalue weighted by Gasteiger charge is 2.37. The Morgan fingerprint density at radius 2 is 2.15 bits per heavy atom. The largest absolute Gasteiger partial charge is 0.340 e. The molecule has 2 aromatic heterocycles. The van der Waals surface area contributed by atoms with Crippen LogP contribution < -0.4 is 5.32 Å². The molecule has 0 bridgehead atoms. The minimum Gasteiger partial charge on any atom is -0.340 e. The number of benzene rings is 1. The highest BCUT2D eigenvalue weighted by molar-refractivity contribution is 5.95. The first kappa shape index (κ1) is 21.6. The van der Waals surface area contributed by atoms with Gasteiger partial charge in [-0.1, -0.05) is 0 Å². The molecule has 34 heavy (non-hydrogen) atoms. The van der Waals surface area contributed by atoms with Crippen LogP contribution in [-0.4, -0.2) is 61.4 Å². The van der Waals surface area contributed by atoms with Gasteiger partial charge in [-0.15, -0.1) is 0 Å². The zero-order chi connectivity index (χ0) is 24.0. The van der Waals surface area contributed by atoms with E-state index in [0.29, 0.717) is 30.9 Å². The number of halogens is 1. The van der Waals surface area contributed by atoms with Crippen molar-refractivity contribution in [3.05, 3.63) is 64.5 Å². The zero-order valence-electron chi connectivity index (χ0n) is 18.7. The smallest absolute Gasteiger partial charge is 0.322 e. The molecule has 174 valence electrons. The van der Waals surface area contributed by atoms with Gasteiger partial charge in [0.25, 0.3) is 5.91 Å². The van der Waals surface area contributed by atoms with Crippen molar-refractivity contribution in [2.24, 2.45) is 0 Å². The lowest BCUT2D eigenvalue weighted by Crippen LogP contribution is -2.45. The maximum absolute atomic E-state index is 13.6. The highest BCUT2D eigenvalue weighted by Crippen LogP contribution is 2.31. The maximum atomic E-state index is 13.6. The molecule has 3 aromatic rings. The normalized spacial score (nSPS) is 19.8. The van der Waals surface area contributed by atoms with E-state index in [1.165, 1.54) is 12.1 Å². The van der Waals surface area contributed by atoms with Gasteiger partial charge in [-0.3, -0.25) is 14.6 Å². The summed E-state index contributed by atoms with van der Waals surface area (Å²) in [6, 6.07) is 6.97. The second kappa shape index (κ2) is 8.30. The van der Waals surface area contributed by atoms with Gasteiger partial charge < -0.3 is 15.1 Å². The standard InChI is InChI=1S/C23H23FN8O2/c1-13-7-20-17(12-31(13)23(34)27-16-3-4-18(24)14(8-16)9-25)21-22(33)30(2)10-15(11-32(21)29-20)19-5-6-26-28-19/h3-6,8,13,15H,7,10-12H2,1-2H3,(H,26,28)(H,27,34)/t13-,15+/m1/s1. The van der Waals surface area contributed by atoms with Crippen LogP contribution in [0.2, 0.25) is 0 Å². The number of nitriles is 1. The van der Waals surface area contributed by atoms with Crippen molar-refractivity contribution in [3.63, 3.8) is 0 Å². The third-order valence-corrected chi connectivity index (χ3v) is 6.48. The summed E-state index contributed by atoms with van der Waals surface area (Å²) in [5, 5.41) is 23.6. The SMILES string of the molecule is C[C@@H]1Cc2nn3c(c2CN1C(=O)Nc1ccc(F)c(C#N)c1)C(=O)N(C)C[C@H](c1ccn[nH]1)C3. The Kier molecular flexibility index (Phi) is 5.28. The van der Waals surface area contributed by atoms with Crippen LogP contribution >= 0.6 is 0 Å². The number of anilines is 1. The topological polar surface area (TPSA) is 123 Å². The molecule has 0 fully saturated rings. The number of rotatable bonds is 2. The van der Waals surface area contributed by atoms with Gasteiger partial charge in [-0.2, -0.15) is 15.5 Å². The van der Waals surface area contributed by atoms with E-state index in [4.69, 9.17) is 10.4 Å². The fourth-order valence-corrected chi connectivity index (χ4v) is 4.67. The summed E-state index contributed by atoms with van der Waals surface area (Å²) in [6.45, 7) is 3.18. The van der Waals surface area contributed by atoms with Crippen LogP contribution in [0.15, 0.2) is 30.5 Å². The van der Waals surface area contributed by atoms with Crippen molar-refractivity contribution in [2.45, 2.75) is 38.4 Å². The molecule has 2 N–H and O–H groups in total. The average molecular weight is 462 g/mol. The van der Waals surface area contributed by atoms with E-state index in [0.717, 1.165) is 23.0 Å². The van der Waals surface area contributed by atoms with Gasteiger partial charge >= 0.3 is 6.03 Å². The molecule has 4 heterocycles. The molecule has 2 atom stereocenters. The second-order valence-corrected chi connectivity index (χ2v) is 8.77. The number of hydrogen-bond donors (Lipinski definition) is 2. The molecule has 0 saturated carbocycles. The maximum Gasteiger partial charge on any atom is 0.322 e. The summed E-state index contributed by atoms with van der Waals surface area (Å²) in [4.78, 5) is 29.7. The van der Waals surface area contributed by atoms with E-state index in [1.54, 1.807) is 33.8 Å². The van der Waals surface area contributed by atoms with E-state index < -0.39 is 11.8 Å². The lowest BCUT2D eigenvalue weighted by molar-refractivity contribution is 0.0787. The molecule has 0 unspecified atom stereocenters. The van der Waals surface area contributed by atoms with Gasteiger partial charge in [0.15, 0.2) is 0 Å². The number of aromatic nitrogens is 4. The molecule has 1 aromatic carbocycles. The number of carbonyl (C=O) groups is 2. The zero-order valence-corrected chi connectivity index (χ0v) is 18.7. The molecule has 0 aliphatic carbocycles. The van der Waals surface area contributed by atoms with Gasteiger partial charge in [0.1, 0.15) is 17.6 Å². The van der Waals surface area contributed by atoms with Crippen molar-refractivity contribution in [1.82, 2.24) is 29.8 Å². The van der Waals surface area contributed by atoms with Crippen molar-refractivity contribution in [1.29, 1.82) is 5.26 Å². The third kappa shape index (κ3) is 3.67. The number of carbonyl (C=O) groups excluding carboxylic acids is 2. The van der Waals surface area contributed by atoms with Crippen molar-refractivity contribution < 1.29 is 14.0 Å². The number of aromatic amines is 1. The fourth-order valence-electron chi connectivity index (χ4n) is 4.67. The number of nitrogens with one attached hydrogen (secondary N) is 2. The van der Waals surface area contributed by atoms with Crippen LogP contribution in [0.4, 0.5) is 14.9 Å².